The lowest BCUT2D eigenvalue weighted by atomic mass is 9.99. The molecule has 0 unspecified atom stereocenters. The molecule has 1 amide bonds. The minimum absolute atomic E-state index is 0. The Morgan fingerprint density at radius 1 is 1.17 bits per heavy atom. The highest BCUT2D eigenvalue weighted by Crippen LogP contribution is 2.34. The van der Waals surface area contributed by atoms with Gasteiger partial charge in [-0.2, -0.15) is 0 Å². The predicted octanol–water partition coefficient (Wildman–Crippen LogP) is 3.30. The van der Waals surface area contributed by atoms with E-state index in [9.17, 15) is 4.79 Å². The Morgan fingerprint density at radius 3 is 2.67 bits per heavy atom. The summed E-state index contributed by atoms with van der Waals surface area (Å²) in [5, 5.41) is 0. The monoisotopic (exact) mass is 348 g/mol. The molecule has 0 saturated heterocycles. The molecule has 0 aromatic heterocycles. The number of methoxy groups -OCH3 is 2. The lowest BCUT2D eigenvalue weighted by Gasteiger charge is -2.30. The quantitative estimate of drug-likeness (QED) is 0.864. The first-order valence-electron chi connectivity index (χ1n) is 7.57. The lowest BCUT2D eigenvalue weighted by molar-refractivity contribution is 0.0982. The summed E-state index contributed by atoms with van der Waals surface area (Å²) >= 11 is 0. The lowest BCUT2D eigenvalue weighted by Crippen LogP contribution is -2.36. The molecule has 0 bridgehead atoms. The summed E-state index contributed by atoms with van der Waals surface area (Å²) in [6, 6.07) is 10.9. The maximum absolute atomic E-state index is 13.0. The Hall–Kier alpha value is -2.40. The van der Waals surface area contributed by atoms with Gasteiger partial charge in [-0.25, -0.2) is 0 Å². The Kier molecular flexibility index (Phi) is 5.57. The van der Waals surface area contributed by atoms with Gasteiger partial charge >= 0.3 is 0 Å². The number of amides is 1. The minimum Gasteiger partial charge on any atom is -0.497 e. The van der Waals surface area contributed by atoms with E-state index in [4.69, 9.17) is 15.2 Å². The molecule has 0 aliphatic carbocycles. The fraction of sp³-hybridized carbons (Fsp3) is 0.278. The van der Waals surface area contributed by atoms with Crippen LogP contribution in [-0.4, -0.2) is 26.7 Å². The van der Waals surface area contributed by atoms with Gasteiger partial charge in [0.25, 0.3) is 5.91 Å². The van der Waals surface area contributed by atoms with Crippen molar-refractivity contribution < 1.29 is 14.3 Å². The average Bonchev–Trinajstić information content (AvgIpc) is 2.60. The van der Waals surface area contributed by atoms with Crippen LogP contribution < -0.4 is 20.1 Å². The van der Waals surface area contributed by atoms with Crippen LogP contribution in [0.4, 0.5) is 11.4 Å². The van der Waals surface area contributed by atoms with Crippen molar-refractivity contribution in [3.05, 3.63) is 47.5 Å². The number of anilines is 2. The third kappa shape index (κ3) is 3.12. The largest absolute Gasteiger partial charge is 0.497 e. The molecule has 2 aromatic rings. The van der Waals surface area contributed by atoms with Gasteiger partial charge in [-0.1, -0.05) is 6.07 Å². The van der Waals surface area contributed by atoms with Crippen LogP contribution in [0.25, 0.3) is 0 Å². The molecule has 3 rings (SSSR count). The molecule has 128 valence electrons. The smallest absolute Gasteiger partial charge is 0.262 e. The molecule has 24 heavy (non-hydrogen) atoms. The van der Waals surface area contributed by atoms with Crippen LogP contribution in [0.2, 0.25) is 0 Å². The number of fused-ring (bicyclic) bond motifs is 1. The molecule has 5 nitrogen and oxygen atoms in total. The van der Waals surface area contributed by atoms with Crippen molar-refractivity contribution >= 4 is 29.7 Å². The van der Waals surface area contributed by atoms with Gasteiger partial charge in [0.1, 0.15) is 11.5 Å². The summed E-state index contributed by atoms with van der Waals surface area (Å²) in [5.41, 5.74) is 9.24. The van der Waals surface area contributed by atoms with Gasteiger partial charge in [0.05, 0.1) is 19.8 Å². The standard InChI is InChI=1S/C18H20N2O3.ClH/c1-22-12-8-9-14(17(11-12)23-2)18(21)20-10-4-5-13-15(19)6-3-7-16(13)20;/h3,6-9,11H,4-5,10,19H2,1-2H3;1H. The molecule has 0 saturated carbocycles. The summed E-state index contributed by atoms with van der Waals surface area (Å²) in [4.78, 5) is 14.8. The Labute approximate surface area is 147 Å². The first-order chi connectivity index (χ1) is 11.2. The summed E-state index contributed by atoms with van der Waals surface area (Å²) < 4.78 is 10.5. The maximum atomic E-state index is 13.0. The van der Waals surface area contributed by atoms with Crippen LogP contribution in [0.5, 0.6) is 11.5 Å². The first-order valence-corrected chi connectivity index (χ1v) is 7.57. The number of carbonyl (C=O) groups is 1. The number of nitrogen functional groups attached to an aromatic ring is 1. The summed E-state index contributed by atoms with van der Waals surface area (Å²) in [6.45, 7) is 0.671. The maximum Gasteiger partial charge on any atom is 0.262 e. The second-order valence-corrected chi connectivity index (χ2v) is 5.47. The SMILES string of the molecule is COc1ccc(C(=O)N2CCCc3c(N)cccc32)c(OC)c1.Cl. The zero-order valence-electron chi connectivity index (χ0n) is 13.7. The minimum atomic E-state index is -0.0870. The van der Waals surface area contributed by atoms with E-state index in [2.05, 4.69) is 0 Å². The molecule has 0 fully saturated rings. The van der Waals surface area contributed by atoms with Crippen molar-refractivity contribution in [2.24, 2.45) is 0 Å². The number of carbonyl (C=O) groups excluding carboxylic acids is 1. The molecule has 2 aromatic carbocycles. The molecule has 1 aliphatic rings. The topological polar surface area (TPSA) is 64.8 Å². The first kappa shape index (κ1) is 17.9. The zero-order chi connectivity index (χ0) is 16.4. The zero-order valence-corrected chi connectivity index (χ0v) is 14.6. The van der Waals surface area contributed by atoms with Gasteiger partial charge in [-0.05, 0) is 42.7 Å². The third-order valence-corrected chi connectivity index (χ3v) is 4.17. The number of benzene rings is 2. The van der Waals surface area contributed by atoms with Crippen LogP contribution in [0, 0.1) is 0 Å². The summed E-state index contributed by atoms with van der Waals surface area (Å²) in [7, 11) is 3.13. The summed E-state index contributed by atoms with van der Waals surface area (Å²) in [6.07, 6.45) is 1.79. The Bertz CT molecular complexity index is 749. The molecule has 1 aliphatic heterocycles. The van der Waals surface area contributed by atoms with Crippen LogP contribution in [0.3, 0.4) is 0 Å². The third-order valence-electron chi connectivity index (χ3n) is 4.17. The number of ether oxygens (including phenoxy) is 2. The molecule has 2 N–H and O–H groups in total. The van der Waals surface area contributed by atoms with Gasteiger partial charge in [-0.3, -0.25) is 4.79 Å². The predicted molar refractivity (Wildman–Crippen MR) is 97.6 cm³/mol. The van der Waals surface area contributed by atoms with E-state index in [-0.39, 0.29) is 18.3 Å². The van der Waals surface area contributed by atoms with Gasteiger partial charge < -0.3 is 20.1 Å². The van der Waals surface area contributed by atoms with Crippen molar-refractivity contribution in [1.29, 1.82) is 0 Å². The van der Waals surface area contributed by atoms with E-state index in [0.29, 0.717) is 23.6 Å². The second kappa shape index (κ2) is 7.45. The van der Waals surface area contributed by atoms with Gasteiger partial charge in [0.2, 0.25) is 0 Å². The molecular formula is C18H21ClN2O3. The van der Waals surface area contributed by atoms with E-state index in [1.165, 1.54) is 0 Å². The van der Waals surface area contributed by atoms with Crippen LogP contribution in [-0.2, 0) is 6.42 Å². The molecule has 1 heterocycles. The van der Waals surface area contributed by atoms with Crippen LogP contribution >= 0.6 is 12.4 Å². The van der Waals surface area contributed by atoms with Gasteiger partial charge in [0, 0.05) is 24.0 Å². The van der Waals surface area contributed by atoms with Crippen molar-refractivity contribution in [2.45, 2.75) is 12.8 Å². The highest BCUT2D eigenvalue weighted by molar-refractivity contribution is 6.09. The molecule has 0 atom stereocenters. The van der Waals surface area contributed by atoms with E-state index < -0.39 is 0 Å². The molecule has 0 spiro atoms. The average molecular weight is 349 g/mol. The normalized spacial score (nSPS) is 12.8. The Morgan fingerprint density at radius 2 is 1.96 bits per heavy atom. The molecule has 6 heteroatoms. The van der Waals surface area contributed by atoms with Crippen molar-refractivity contribution in [3.8, 4) is 11.5 Å². The van der Waals surface area contributed by atoms with Crippen LogP contribution in [0.1, 0.15) is 22.3 Å². The molecular weight excluding hydrogens is 328 g/mol. The van der Waals surface area contributed by atoms with E-state index in [0.717, 1.165) is 29.8 Å². The van der Waals surface area contributed by atoms with Crippen molar-refractivity contribution in [3.63, 3.8) is 0 Å². The van der Waals surface area contributed by atoms with Gasteiger partial charge in [0.15, 0.2) is 0 Å². The fourth-order valence-corrected chi connectivity index (χ4v) is 2.98. The Balaban J connectivity index is 0.00000208. The van der Waals surface area contributed by atoms with Gasteiger partial charge in [-0.15, -0.1) is 12.4 Å². The number of nitrogens with two attached hydrogens (primary N) is 1. The summed E-state index contributed by atoms with van der Waals surface area (Å²) in [5.74, 6) is 1.07. The number of hydrogen-bond donors (Lipinski definition) is 1. The van der Waals surface area contributed by atoms with Crippen LogP contribution in [0.15, 0.2) is 36.4 Å². The second-order valence-electron chi connectivity index (χ2n) is 5.47. The number of halogens is 1. The van der Waals surface area contributed by atoms with Crippen molar-refractivity contribution in [2.75, 3.05) is 31.4 Å². The molecule has 0 radical (unpaired) electrons. The van der Waals surface area contributed by atoms with E-state index in [1.54, 1.807) is 37.3 Å². The van der Waals surface area contributed by atoms with E-state index >= 15 is 0 Å². The van der Waals surface area contributed by atoms with Crippen molar-refractivity contribution in [1.82, 2.24) is 0 Å². The fourth-order valence-electron chi connectivity index (χ4n) is 2.98. The van der Waals surface area contributed by atoms with E-state index in [1.807, 2.05) is 18.2 Å². The number of hydrogen-bond acceptors (Lipinski definition) is 4. The number of rotatable bonds is 3. The highest BCUT2D eigenvalue weighted by atomic mass is 35.5. The highest BCUT2D eigenvalue weighted by Gasteiger charge is 2.26. The number of nitrogens with zero attached hydrogens (tertiary/aromatic N) is 1.